The Kier molecular flexibility index (Phi) is 3.25. The zero-order valence-electron chi connectivity index (χ0n) is 10.4. The molecule has 3 rings (SSSR count). The molecule has 8 heteroatoms. The van der Waals surface area contributed by atoms with Gasteiger partial charge < -0.3 is 5.73 Å². The van der Waals surface area contributed by atoms with Gasteiger partial charge in [-0.25, -0.2) is 4.63 Å². The molecule has 4 nitrogen and oxygen atoms in total. The second kappa shape index (κ2) is 4.96. The van der Waals surface area contributed by atoms with Crippen molar-refractivity contribution in [2.45, 2.75) is 16.0 Å². The van der Waals surface area contributed by atoms with Crippen LogP contribution in [-0.4, -0.2) is 10.3 Å². The Balaban J connectivity index is 1.92. The van der Waals surface area contributed by atoms with Crippen LogP contribution in [0.1, 0.15) is 5.56 Å². The van der Waals surface area contributed by atoms with Crippen molar-refractivity contribution < 1.29 is 17.8 Å². The van der Waals surface area contributed by atoms with Gasteiger partial charge in [0.05, 0.1) is 11.3 Å². The fraction of sp³-hybridized carbons (Fsp3) is 0.0769. The van der Waals surface area contributed by atoms with Crippen LogP contribution in [0.15, 0.2) is 50.8 Å². The van der Waals surface area contributed by atoms with Crippen LogP contribution in [0.5, 0.6) is 0 Å². The molecule has 0 fully saturated rings. The van der Waals surface area contributed by atoms with Crippen LogP contribution in [0, 0.1) is 0 Å². The quantitative estimate of drug-likeness (QED) is 0.725. The smallest absolute Gasteiger partial charge is 0.397 e. The third kappa shape index (κ3) is 2.66. The maximum atomic E-state index is 12.5. The lowest BCUT2D eigenvalue weighted by Crippen LogP contribution is -2.03. The molecule has 108 valence electrons. The largest absolute Gasteiger partial charge is 0.416 e. The van der Waals surface area contributed by atoms with Crippen LogP contribution in [0.4, 0.5) is 18.9 Å². The first-order chi connectivity index (χ1) is 9.95. The lowest BCUT2D eigenvalue weighted by Gasteiger charge is -2.07. The summed E-state index contributed by atoms with van der Waals surface area (Å²) in [7, 11) is 0. The minimum Gasteiger partial charge on any atom is -0.397 e. The molecule has 0 spiro atoms. The van der Waals surface area contributed by atoms with Gasteiger partial charge in [-0.05, 0) is 46.7 Å². The summed E-state index contributed by atoms with van der Waals surface area (Å²) in [6, 6.07) is 8.27. The van der Waals surface area contributed by atoms with Gasteiger partial charge in [-0.2, -0.15) is 13.2 Å². The van der Waals surface area contributed by atoms with Crippen LogP contribution in [0.3, 0.4) is 0 Å². The molecule has 21 heavy (non-hydrogen) atoms. The Bertz CT molecular complexity index is 783. The molecule has 0 aliphatic rings. The minimum absolute atomic E-state index is 0.433. The molecule has 0 aliphatic carbocycles. The van der Waals surface area contributed by atoms with E-state index in [2.05, 4.69) is 14.9 Å². The van der Waals surface area contributed by atoms with E-state index in [0.29, 0.717) is 26.5 Å². The third-order valence-electron chi connectivity index (χ3n) is 2.82. The molecule has 2 N–H and O–H groups in total. The van der Waals surface area contributed by atoms with E-state index in [1.54, 1.807) is 12.1 Å². The van der Waals surface area contributed by atoms with E-state index in [1.807, 2.05) is 0 Å². The summed E-state index contributed by atoms with van der Waals surface area (Å²) in [5, 5.41) is 7.46. The van der Waals surface area contributed by atoms with E-state index in [9.17, 15) is 13.2 Å². The average molecular weight is 311 g/mol. The number of alkyl halides is 3. The number of nitrogens with zero attached hydrogens (tertiary/aromatic N) is 2. The minimum atomic E-state index is -4.34. The summed E-state index contributed by atoms with van der Waals surface area (Å²) in [6.07, 6.45) is -4.34. The van der Waals surface area contributed by atoms with Crippen molar-refractivity contribution in [2.75, 3.05) is 5.73 Å². The fourth-order valence-corrected chi connectivity index (χ4v) is 2.68. The highest BCUT2D eigenvalue weighted by molar-refractivity contribution is 7.99. The van der Waals surface area contributed by atoms with Crippen molar-refractivity contribution >= 4 is 28.5 Å². The summed E-state index contributed by atoms with van der Waals surface area (Å²) in [6.45, 7) is 0. The van der Waals surface area contributed by atoms with Crippen LogP contribution >= 0.6 is 11.8 Å². The van der Waals surface area contributed by atoms with Gasteiger partial charge in [0, 0.05) is 9.79 Å². The summed E-state index contributed by atoms with van der Waals surface area (Å²) >= 11 is 1.26. The number of hydrogen-bond donors (Lipinski definition) is 1. The standard InChI is InChI=1S/C13H8F3N3OS/c14-13(15,16)7-1-3-8(4-2-7)21-10-6-5-9(17)11-12(10)19-20-18-11/h1-6H,17H2. The van der Waals surface area contributed by atoms with Crippen molar-refractivity contribution in [3.63, 3.8) is 0 Å². The van der Waals surface area contributed by atoms with Crippen molar-refractivity contribution in [3.05, 3.63) is 42.0 Å². The molecule has 1 aromatic heterocycles. The van der Waals surface area contributed by atoms with Gasteiger partial charge >= 0.3 is 6.18 Å². The lowest BCUT2D eigenvalue weighted by molar-refractivity contribution is -0.137. The van der Waals surface area contributed by atoms with E-state index in [-0.39, 0.29) is 0 Å². The van der Waals surface area contributed by atoms with Gasteiger partial charge in [0.2, 0.25) is 0 Å². The molecule has 0 saturated heterocycles. The number of halogens is 3. The number of anilines is 1. The first-order valence-electron chi connectivity index (χ1n) is 5.81. The molecule has 2 aromatic carbocycles. The summed E-state index contributed by atoms with van der Waals surface area (Å²) in [4.78, 5) is 1.36. The molecule has 0 unspecified atom stereocenters. The van der Waals surface area contributed by atoms with Crippen LogP contribution < -0.4 is 5.73 Å². The predicted molar refractivity (Wildman–Crippen MR) is 71.8 cm³/mol. The lowest BCUT2D eigenvalue weighted by atomic mass is 10.2. The fourth-order valence-electron chi connectivity index (χ4n) is 1.78. The number of aromatic nitrogens is 2. The van der Waals surface area contributed by atoms with Crippen molar-refractivity contribution in [3.8, 4) is 0 Å². The van der Waals surface area contributed by atoms with E-state index in [1.165, 1.54) is 23.9 Å². The molecule has 1 heterocycles. The topological polar surface area (TPSA) is 64.9 Å². The zero-order valence-corrected chi connectivity index (χ0v) is 11.2. The van der Waals surface area contributed by atoms with Gasteiger partial charge in [0.25, 0.3) is 0 Å². The third-order valence-corrected chi connectivity index (χ3v) is 3.88. The zero-order chi connectivity index (χ0) is 15.0. The van der Waals surface area contributed by atoms with E-state index in [4.69, 9.17) is 5.73 Å². The number of rotatable bonds is 2. The Morgan fingerprint density at radius 2 is 1.62 bits per heavy atom. The van der Waals surface area contributed by atoms with Gasteiger partial charge in [-0.15, -0.1) is 0 Å². The first kappa shape index (κ1) is 13.7. The van der Waals surface area contributed by atoms with Crippen LogP contribution in [0.2, 0.25) is 0 Å². The molecule has 3 aromatic rings. The molecular weight excluding hydrogens is 303 g/mol. The number of benzene rings is 2. The van der Waals surface area contributed by atoms with Crippen LogP contribution in [-0.2, 0) is 6.18 Å². The molecule has 0 radical (unpaired) electrons. The van der Waals surface area contributed by atoms with Gasteiger partial charge in [-0.1, -0.05) is 11.8 Å². The van der Waals surface area contributed by atoms with E-state index in [0.717, 1.165) is 12.1 Å². The second-order valence-corrected chi connectivity index (χ2v) is 5.35. The maximum Gasteiger partial charge on any atom is 0.416 e. The highest BCUT2D eigenvalue weighted by Gasteiger charge is 2.30. The molecule has 0 atom stereocenters. The maximum absolute atomic E-state index is 12.5. The van der Waals surface area contributed by atoms with Crippen molar-refractivity contribution in [1.29, 1.82) is 0 Å². The predicted octanol–water partition coefficient (Wildman–Crippen LogP) is 3.98. The number of fused-ring (bicyclic) bond motifs is 1. The average Bonchev–Trinajstić information content (AvgIpc) is 2.92. The normalized spacial score (nSPS) is 12.0. The second-order valence-electron chi connectivity index (χ2n) is 4.24. The molecule has 0 saturated carbocycles. The summed E-state index contributed by atoms with van der Waals surface area (Å²) in [5.74, 6) is 0. The first-order valence-corrected chi connectivity index (χ1v) is 6.62. The monoisotopic (exact) mass is 311 g/mol. The summed E-state index contributed by atoms with van der Waals surface area (Å²) in [5.41, 5.74) is 6.41. The van der Waals surface area contributed by atoms with Gasteiger partial charge in [-0.3, -0.25) is 0 Å². The Hall–Kier alpha value is -2.22. The highest BCUT2D eigenvalue weighted by atomic mass is 32.2. The Morgan fingerprint density at radius 1 is 0.952 bits per heavy atom. The Labute approximate surface area is 121 Å². The van der Waals surface area contributed by atoms with E-state index < -0.39 is 11.7 Å². The van der Waals surface area contributed by atoms with E-state index >= 15 is 0 Å². The van der Waals surface area contributed by atoms with Gasteiger partial charge in [0.1, 0.15) is 0 Å². The summed E-state index contributed by atoms with van der Waals surface area (Å²) < 4.78 is 42.2. The van der Waals surface area contributed by atoms with Gasteiger partial charge in [0.15, 0.2) is 11.0 Å². The number of nitrogen functional groups attached to an aromatic ring is 1. The molecular formula is C13H8F3N3OS. The Morgan fingerprint density at radius 3 is 2.29 bits per heavy atom. The van der Waals surface area contributed by atoms with Crippen molar-refractivity contribution in [1.82, 2.24) is 10.3 Å². The molecule has 0 bridgehead atoms. The van der Waals surface area contributed by atoms with Crippen LogP contribution in [0.25, 0.3) is 11.0 Å². The molecule has 0 amide bonds. The molecule has 0 aliphatic heterocycles. The number of nitrogens with two attached hydrogens (primary N) is 1. The SMILES string of the molecule is Nc1ccc(Sc2ccc(C(F)(F)F)cc2)c2nonc12. The number of hydrogen-bond acceptors (Lipinski definition) is 5. The van der Waals surface area contributed by atoms with Crippen molar-refractivity contribution in [2.24, 2.45) is 0 Å². The highest BCUT2D eigenvalue weighted by Crippen LogP contribution is 2.36.